The van der Waals surface area contributed by atoms with E-state index in [4.69, 9.17) is 4.74 Å². The summed E-state index contributed by atoms with van der Waals surface area (Å²) in [5.41, 5.74) is 0.428. The van der Waals surface area contributed by atoms with Gasteiger partial charge in [0.25, 0.3) is 0 Å². The SMILES string of the molecule is CC[C@@H]1CC(C)(C)CC[C@H]1OC(C)=O. The quantitative estimate of drug-likeness (QED) is 0.637. The van der Waals surface area contributed by atoms with Crippen LogP contribution in [0.2, 0.25) is 0 Å². The maximum absolute atomic E-state index is 10.9. The van der Waals surface area contributed by atoms with Crippen molar-refractivity contribution in [1.29, 1.82) is 0 Å². The van der Waals surface area contributed by atoms with E-state index in [1.165, 1.54) is 19.8 Å². The van der Waals surface area contributed by atoms with E-state index >= 15 is 0 Å². The van der Waals surface area contributed by atoms with Crippen molar-refractivity contribution in [2.45, 2.75) is 59.5 Å². The number of carbonyl (C=O) groups is 1. The van der Waals surface area contributed by atoms with E-state index in [1.807, 2.05) is 0 Å². The molecule has 1 rings (SSSR count). The first-order valence-corrected chi connectivity index (χ1v) is 5.62. The second-order valence-electron chi connectivity index (χ2n) is 5.22. The summed E-state index contributed by atoms with van der Waals surface area (Å²) < 4.78 is 5.35. The Morgan fingerprint density at radius 1 is 1.50 bits per heavy atom. The van der Waals surface area contributed by atoms with Gasteiger partial charge in [-0.2, -0.15) is 0 Å². The molecule has 14 heavy (non-hydrogen) atoms. The lowest BCUT2D eigenvalue weighted by Crippen LogP contribution is -2.35. The minimum atomic E-state index is -0.131. The summed E-state index contributed by atoms with van der Waals surface area (Å²) in [5, 5.41) is 0. The third kappa shape index (κ3) is 3.00. The number of rotatable bonds is 2. The second kappa shape index (κ2) is 4.33. The van der Waals surface area contributed by atoms with Gasteiger partial charge in [-0.05, 0) is 37.0 Å². The van der Waals surface area contributed by atoms with Crippen LogP contribution in [-0.2, 0) is 9.53 Å². The van der Waals surface area contributed by atoms with Gasteiger partial charge in [0, 0.05) is 6.92 Å². The Morgan fingerprint density at radius 3 is 2.64 bits per heavy atom. The van der Waals surface area contributed by atoms with Crippen molar-refractivity contribution in [1.82, 2.24) is 0 Å². The van der Waals surface area contributed by atoms with E-state index in [0.29, 0.717) is 11.3 Å². The predicted molar refractivity (Wildman–Crippen MR) is 57.0 cm³/mol. The summed E-state index contributed by atoms with van der Waals surface area (Å²) >= 11 is 0. The Kier molecular flexibility index (Phi) is 3.57. The van der Waals surface area contributed by atoms with Crippen LogP contribution >= 0.6 is 0 Å². The van der Waals surface area contributed by atoms with Crippen LogP contribution in [0.1, 0.15) is 53.4 Å². The molecule has 0 bridgehead atoms. The molecule has 0 spiro atoms. The number of esters is 1. The average molecular weight is 198 g/mol. The molecule has 1 saturated carbocycles. The zero-order valence-corrected chi connectivity index (χ0v) is 9.80. The van der Waals surface area contributed by atoms with Gasteiger partial charge in [0.05, 0.1) is 0 Å². The van der Waals surface area contributed by atoms with Gasteiger partial charge in [-0.1, -0.05) is 20.8 Å². The van der Waals surface area contributed by atoms with Gasteiger partial charge in [-0.15, -0.1) is 0 Å². The molecule has 1 aliphatic rings. The van der Waals surface area contributed by atoms with Crippen molar-refractivity contribution in [2.24, 2.45) is 11.3 Å². The smallest absolute Gasteiger partial charge is 0.302 e. The summed E-state index contributed by atoms with van der Waals surface area (Å²) in [6, 6.07) is 0. The lowest BCUT2D eigenvalue weighted by atomic mass is 9.70. The topological polar surface area (TPSA) is 26.3 Å². The molecule has 0 unspecified atom stereocenters. The van der Waals surface area contributed by atoms with Crippen molar-refractivity contribution in [2.75, 3.05) is 0 Å². The lowest BCUT2D eigenvalue weighted by Gasteiger charge is -2.39. The van der Waals surface area contributed by atoms with Crippen molar-refractivity contribution in [3.8, 4) is 0 Å². The van der Waals surface area contributed by atoms with E-state index in [1.54, 1.807) is 0 Å². The van der Waals surface area contributed by atoms with Crippen molar-refractivity contribution < 1.29 is 9.53 Å². The first-order valence-electron chi connectivity index (χ1n) is 5.62. The van der Waals surface area contributed by atoms with Crippen molar-refractivity contribution in [3.05, 3.63) is 0 Å². The Balaban J connectivity index is 2.57. The van der Waals surface area contributed by atoms with Crippen LogP contribution in [0.15, 0.2) is 0 Å². The molecule has 0 aromatic rings. The Labute approximate surface area is 87.0 Å². The molecular weight excluding hydrogens is 176 g/mol. The van der Waals surface area contributed by atoms with E-state index < -0.39 is 0 Å². The highest BCUT2D eigenvalue weighted by atomic mass is 16.5. The predicted octanol–water partition coefficient (Wildman–Crippen LogP) is 3.15. The van der Waals surface area contributed by atoms with Gasteiger partial charge in [0.15, 0.2) is 0 Å². The monoisotopic (exact) mass is 198 g/mol. The van der Waals surface area contributed by atoms with E-state index in [2.05, 4.69) is 20.8 Å². The molecule has 82 valence electrons. The first-order chi connectivity index (χ1) is 6.44. The van der Waals surface area contributed by atoms with Crippen LogP contribution in [0.5, 0.6) is 0 Å². The van der Waals surface area contributed by atoms with Crippen LogP contribution in [0, 0.1) is 11.3 Å². The first kappa shape index (κ1) is 11.5. The molecule has 2 nitrogen and oxygen atoms in total. The number of ether oxygens (including phenoxy) is 1. The molecule has 0 aliphatic heterocycles. The van der Waals surface area contributed by atoms with Gasteiger partial charge in [0.1, 0.15) is 6.10 Å². The van der Waals surface area contributed by atoms with Crippen LogP contribution in [-0.4, -0.2) is 12.1 Å². The molecule has 0 amide bonds. The van der Waals surface area contributed by atoms with E-state index in [0.717, 1.165) is 12.8 Å². The zero-order valence-electron chi connectivity index (χ0n) is 9.80. The highest BCUT2D eigenvalue weighted by Gasteiger charge is 2.35. The van der Waals surface area contributed by atoms with Gasteiger partial charge in [-0.3, -0.25) is 4.79 Å². The third-order valence-corrected chi connectivity index (χ3v) is 3.29. The summed E-state index contributed by atoms with van der Waals surface area (Å²) in [6.07, 6.45) is 4.67. The molecule has 0 heterocycles. The summed E-state index contributed by atoms with van der Waals surface area (Å²) in [6.45, 7) is 8.30. The van der Waals surface area contributed by atoms with Crippen molar-refractivity contribution >= 4 is 5.97 Å². The van der Waals surface area contributed by atoms with Gasteiger partial charge in [0.2, 0.25) is 0 Å². The molecule has 1 aliphatic carbocycles. The van der Waals surface area contributed by atoms with Gasteiger partial charge < -0.3 is 4.74 Å². The van der Waals surface area contributed by atoms with Gasteiger partial charge >= 0.3 is 5.97 Å². The molecule has 0 radical (unpaired) electrons. The summed E-state index contributed by atoms with van der Waals surface area (Å²) in [5.74, 6) is 0.427. The lowest BCUT2D eigenvalue weighted by molar-refractivity contribution is -0.152. The molecule has 2 atom stereocenters. The fourth-order valence-electron chi connectivity index (χ4n) is 2.49. The highest BCUT2D eigenvalue weighted by molar-refractivity contribution is 5.66. The fourth-order valence-corrected chi connectivity index (χ4v) is 2.49. The Bertz CT molecular complexity index is 208. The minimum absolute atomic E-state index is 0.131. The fraction of sp³-hybridized carbons (Fsp3) is 0.917. The molecule has 0 saturated heterocycles. The second-order valence-corrected chi connectivity index (χ2v) is 5.22. The molecule has 1 fully saturated rings. The van der Waals surface area contributed by atoms with Gasteiger partial charge in [-0.25, -0.2) is 0 Å². The normalized spacial score (nSPS) is 31.1. The number of carbonyl (C=O) groups excluding carboxylic acids is 1. The van der Waals surface area contributed by atoms with Crippen LogP contribution in [0.3, 0.4) is 0 Å². The molecule has 0 aromatic carbocycles. The number of hydrogen-bond acceptors (Lipinski definition) is 2. The maximum atomic E-state index is 10.9. The third-order valence-electron chi connectivity index (χ3n) is 3.29. The zero-order chi connectivity index (χ0) is 10.8. The average Bonchev–Trinajstić information content (AvgIpc) is 2.07. The molecule has 0 N–H and O–H groups in total. The Morgan fingerprint density at radius 2 is 2.14 bits per heavy atom. The highest BCUT2D eigenvalue weighted by Crippen LogP contribution is 2.41. The van der Waals surface area contributed by atoms with Crippen LogP contribution < -0.4 is 0 Å². The maximum Gasteiger partial charge on any atom is 0.302 e. The molecular formula is C12H22O2. The summed E-state index contributed by atoms with van der Waals surface area (Å²) in [4.78, 5) is 10.9. The molecule has 0 aromatic heterocycles. The minimum Gasteiger partial charge on any atom is -0.462 e. The summed E-state index contributed by atoms with van der Waals surface area (Å²) in [7, 11) is 0. The van der Waals surface area contributed by atoms with E-state index in [-0.39, 0.29) is 12.1 Å². The van der Waals surface area contributed by atoms with E-state index in [9.17, 15) is 4.79 Å². The number of hydrogen-bond donors (Lipinski definition) is 0. The van der Waals surface area contributed by atoms with Crippen molar-refractivity contribution in [3.63, 3.8) is 0 Å². The van der Waals surface area contributed by atoms with Crippen LogP contribution in [0.4, 0.5) is 0 Å². The van der Waals surface area contributed by atoms with Crippen LogP contribution in [0.25, 0.3) is 0 Å². The largest absolute Gasteiger partial charge is 0.462 e. The standard InChI is InChI=1S/C12H22O2/c1-5-10-8-12(3,4)7-6-11(10)14-9(2)13/h10-11H,5-8H2,1-4H3/t10-,11-/m1/s1. The molecule has 2 heteroatoms. The Hall–Kier alpha value is -0.530.